The number of aromatic nitrogens is 1. The van der Waals surface area contributed by atoms with E-state index in [0.29, 0.717) is 11.5 Å². The molecule has 0 radical (unpaired) electrons. The summed E-state index contributed by atoms with van der Waals surface area (Å²) in [5, 5.41) is 3.71. The molecule has 3 nitrogen and oxygen atoms in total. The summed E-state index contributed by atoms with van der Waals surface area (Å²) in [7, 11) is 0. The molecule has 20 heavy (non-hydrogen) atoms. The molecule has 0 spiro atoms. The average molecular weight is 272 g/mol. The van der Waals surface area contributed by atoms with E-state index in [9.17, 15) is 0 Å². The molecule has 108 valence electrons. The zero-order valence-electron chi connectivity index (χ0n) is 12.7. The minimum Gasteiger partial charge on any atom is -0.441 e. The molecule has 1 aromatic carbocycles. The van der Waals surface area contributed by atoms with Crippen molar-refractivity contribution in [1.82, 2.24) is 4.98 Å². The molecule has 1 fully saturated rings. The topological polar surface area (TPSA) is 38.1 Å². The van der Waals surface area contributed by atoms with Gasteiger partial charge in [-0.15, -0.1) is 0 Å². The minimum atomic E-state index is 0.367. The Bertz CT molecular complexity index is 600. The van der Waals surface area contributed by atoms with Gasteiger partial charge >= 0.3 is 0 Å². The van der Waals surface area contributed by atoms with Crippen LogP contribution in [0.4, 0.5) is 5.69 Å². The Morgan fingerprint density at radius 1 is 1.35 bits per heavy atom. The van der Waals surface area contributed by atoms with Crippen LogP contribution >= 0.6 is 0 Å². The SMILES string of the molecule is CCc1nc2cc(NC3CCCCC3(C)C)ccc2o1. The Labute approximate surface area is 120 Å². The lowest BCUT2D eigenvalue weighted by Crippen LogP contribution is -2.38. The number of nitrogens with zero attached hydrogens (tertiary/aromatic N) is 1. The first kappa shape index (κ1) is 13.5. The Morgan fingerprint density at radius 2 is 2.20 bits per heavy atom. The first-order valence-electron chi connectivity index (χ1n) is 7.74. The summed E-state index contributed by atoms with van der Waals surface area (Å²) in [4.78, 5) is 4.51. The summed E-state index contributed by atoms with van der Waals surface area (Å²) in [5.74, 6) is 0.815. The van der Waals surface area contributed by atoms with E-state index in [1.54, 1.807) is 0 Å². The zero-order valence-corrected chi connectivity index (χ0v) is 12.7. The third-order valence-electron chi connectivity index (χ3n) is 4.58. The van der Waals surface area contributed by atoms with Gasteiger partial charge in [-0.2, -0.15) is 0 Å². The Kier molecular flexibility index (Phi) is 3.45. The fourth-order valence-corrected chi connectivity index (χ4v) is 3.18. The summed E-state index contributed by atoms with van der Waals surface area (Å²) in [5.41, 5.74) is 3.37. The lowest BCUT2D eigenvalue weighted by atomic mass is 9.73. The number of rotatable bonds is 3. The van der Waals surface area contributed by atoms with Gasteiger partial charge in [0.1, 0.15) is 5.52 Å². The normalized spacial score (nSPS) is 22.1. The average Bonchev–Trinajstić information content (AvgIpc) is 2.83. The fourth-order valence-electron chi connectivity index (χ4n) is 3.18. The number of hydrogen-bond donors (Lipinski definition) is 1. The first-order valence-corrected chi connectivity index (χ1v) is 7.74. The molecule has 1 aliphatic carbocycles. The van der Waals surface area contributed by atoms with Crippen LogP contribution in [-0.4, -0.2) is 11.0 Å². The van der Waals surface area contributed by atoms with Crippen LogP contribution in [-0.2, 0) is 6.42 Å². The Balaban J connectivity index is 1.83. The predicted molar refractivity (Wildman–Crippen MR) is 83.0 cm³/mol. The zero-order chi connectivity index (χ0) is 14.2. The molecular formula is C17H24N2O. The van der Waals surface area contributed by atoms with Gasteiger partial charge in [-0.25, -0.2) is 4.98 Å². The van der Waals surface area contributed by atoms with Crippen LogP contribution in [0.2, 0.25) is 0 Å². The van der Waals surface area contributed by atoms with Gasteiger partial charge in [0.2, 0.25) is 0 Å². The summed E-state index contributed by atoms with van der Waals surface area (Å²) >= 11 is 0. The largest absolute Gasteiger partial charge is 0.441 e. The van der Waals surface area contributed by atoms with Gasteiger partial charge in [-0.3, -0.25) is 0 Å². The maximum absolute atomic E-state index is 5.66. The molecule has 0 amide bonds. The number of hydrogen-bond acceptors (Lipinski definition) is 3. The molecule has 0 bridgehead atoms. The second-order valence-corrected chi connectivity index (χ2v) is 6.57. The van der Waals surface area contributed by atoms with Crippen LogP contribution in [0.15, 0.2) is 22.6 Å². The minimum absolute atomic E-state index is 0.367. The van der Waals surface area contributed by atoms with Crippen molar-refractivity contribution in [2.24, 2.45) is 5.41 Å². The van der Waals surface area contributed by atoms with Gasteiger partial charge in [-0.05, 0) is 36.5 Å². The van der Waals surface area contributed by atoms with Crippen LogP contribution in [0.1, 0.15) is 52.3 Å². The molecular weight excluding hydrogens is 248 g/mol. The van der Waals surface area contributed by atoms with E-state index in [-0.39, 0.29) is 0 Å². The van der Waals surface area contributed by atoms with Crippen LogP contribution < -0.4 is 5.32 Å². The third-order valence-corrected chi connectivity index (χ3v) is 4.58. The van der Waals surface area contributed by atoms with Crippen molar-refractivity contribution in [3.63, 3.8) is 0 Å². The number of nitrogens with one attached hydrogen (secondary N) is 1. The molecule has 3 heteroatoms. The van der Waals surface area contributed by atoms with Crippen LogP contribution in [0, 0.1) is 5.41 Å². The van der Waals surface area contributed by atoms with Gasteiger partial charge < -0.3 is 9.73 Å². The maximum Gasteiger partial charge on any atom is 0.195 e. The van der Waals surface area contributed by atoms with Gasteiger partial charge in [0.15, 0.2) is 11.5 Å². The molecule has 2 aromatic rings. The Hall–Kier alpha value is -1.51. The summed E-state index contributed by atoms with van der Waals surface area (Å²) in [6.07, 6.45) is 6.08. The number of aryl methyl sites for hydroxylation is 1. The highest BCUT2D eigenvalue weighted by Gasteiger charge is 2.32. The van der Waals surface area contributed by atoms with E-state index in [1.807, 2.05) is 6.07 Å². The van der Waals surface area contributed by atoms with Crippen LogP contribution in [0.25, 0.3) is 11.1 Å². The quantitative estimate of drug-likeness (QED) is 0.874. The highest BCUT2D eigenvalue weighted by atomic mass is 16.3. The number of anilines is 1. The molecule has 1 atom stereocenters. The maximum atomic E-state index is 5.66. The standard InChI is InChI=1S/C17H24N2O/c1-4-16-19-13-11-12(8-9-14(13)20-16)18-15-7-5-6-10-17(15,2)3/h8-9,11,15,18H,4-7,10H2,1-3H3. The van der Waals surface area contributed by atoms with E-state index in [2.05, 4.69) is 43.2 Å². The predicted octanol–water partition coefficient (Wildman–Crippen LogP) is 4.77. The summed E-state index contributed by atoms with van der Waals surface area (Å²) in [6, 6.07) is 6.80. The van der Waals surface area contributed by atoms with E-state index in [4.69, 9.17) is 4.42 Å². The van der Waals surface area contributed by atoms with Gasteiger partial charge in [0.25, 0.3) is 0 Å². The van der Waals surface area contributed by atoms with E-state index < -0.39 is 0 Å². The highest BCUT2D eigenvalue weighted by molar-refractivity contribution is 5.77. The fraction of sp³-hybridized carbons (Fsp3) is 0.588. The van der Waals surface area contributed by atoms with Crippen molar-refractivity contribution in [3.05, 3.63) is 24.1 Å². The molecule has 3 rings (SSSR count). The van der Waals surface area contributed by atoms with Crippen molar-refractivity contribution in [2.45, 2.75) is 58.9 Å². The van der Waals surface area contributed by atoms with Crippen molar-refractivity contribution in [3.8, 4) is 0 Å². The number of oxazole rings is 1. The monoisotopic (exact) mass is 272 g/mol. The first-order chi connectivity index (χ1) is 9.58. The summed E-state index contributed by atoms with van der Waals surface area (Å²) < 4.78 is 5.66. The molecule has 0 aliphatic heterocycles. The second-order valence-electron chi connectivity index (χ2n) is 6.57. The van der Waals surface area contributed by atoms with Gasteiger partial charge in [0, 0.05) is 18.2 Å². The summed E-state index contributed by atoms with van der Waals surface area (Å²) in [6.45, 7) is 6.80. The van der Waals surface area contributed by atoms with Gasteiger partial charge in [-0.1, -0.05) is 33.6 Å². The molecule has 1 aromatic heterocycles. The number of fused-ring (bicyclic) bond motifs is 1. The third kappa shape index (κ3) is 2.54. The van der Waals surface area contributed by atoms with E-state index >= 15 is 0 Å². The van der Waals surface area contributed by atoms with Crippen molar-refractivity contribution in [1.29, 1.82) is 0 Å². The second kappa shape index (κ2) is 5.12. The molecule has 1 N–H and O–H groups in total. The molecule has 1 unspecified atom stereocenters. The molecule has 0 saturated heterocycles. The molecule has 1 saturated carbocycles. The Morgan fingerprint density at radius 3 is 2.95 bits per heavy atom. The van der Waals surface area contributed by atoms with Crippen molar-refractivity contribution >= 4 is 16.8 Å². The van der Waals surface area contributed by atoms with Crippen LogP contribution in [0.5, 0.6) is 0 Å². The molecule has 1 aliphatic rings. The molecule has 1 heterocycles. The highest BCUT2D eigenvalue weighted by Crippen LogP contribution is 2.37. The van der Waals surface area contributed by atoms with E-state index in [0.717, 1.165) is 29.1 Å². The van der Waals surface area contributed by atoms with E-state index in [1.165, 1.54) is 25.7 Å². The van der Waals surface area contributed by atoms with Crippen molar-refractivity contribution in [2.75, 3.05) is 5.32 Å². The number of benzene rings is 1. The smallest absolute Gasteiger partial charge is 0.195 e. The van der Waals surface area contributed by atoms with Gasteiger partial charge in [0.05, 0.1) is 0 Å². The van der Waals surface area contributed by atoms with Crippen LogP contribution in [0.3, 0.4) is 0 Å². The van der Waals surface area contributed by atoms with Crippen molar-refractivity contribution < 1.29 is 4.42 Å². The lowest BCUT2D eigenvalue weighted by molar-refractivity contribution is 0.217. The lowest BCUT2D eigenvalue weighted by Gasteiger charge is -2.39.